The fraction of sp³-hybridized carbons (Fsp3) is 0.118. The topological polar surface area (TPSA) is 0 Å². The fourth-order valence-electron chi connectivity index (χ4n) is 4.94. The molecule has 0 N–H and O–H groups in total. The van der Waals surface area contributed by atoms with Gasteiger partial charge in [-0.2, -0.15) is 0 Å². The van der Waals surface area contributed by atoms with Crippen LogP contribution in [-0.4, -0.2) is 29.0 Å². The predicted molar refractivity (Wildman–Crippen MR) is 158 cm³/mol. The average Bonchev–Trinajstić information content (AvgIpc) is 2.96. The molecule has 0 radical (unpaired) electrons. The molecule has 0 bridgehead atoms. The van der Waals surface area contributed by atoms with Gasteiger partial charge in [0.1, 0.15) is 0 Å². The molecule has 0 aliphatic heterocycles. The summed E-state index contributed by atoms with van der Waals surface area (Å²) >= 11 is 0.729. The van der Waals surface area contributed by atoms with Gasteiger partial charge >= 0.3 is 226 Å². The van der Waals surface area contributed by atoms with E-state index in [1.807, 2.05) is 0 Å². The summed E-state index contributed by atoms with van der Waals surface area (Å²) < 4.78 is 6.05. The molecule has 0 saturated carbocycles. The molecule has 36 heavy (non-hydrogen) atoms. The zero-order chi connectivity index (χ0) is 24.2. The van der Waals surface area contributed by atoms with E-state index in [2.05, 4.69) is 121 Å². The Balaban J connectivity index is 1.25. The summed E-state index contributed by atoms with van der Waals surface area (Å²) in [7, 11) is 0. The molecule has 2 heteroatoms. The Hall–Kier alpha value is -2.86. The van der Waals surface area contributed by atoms with Gasteiger partial charge in [-0.15, -0.1) is 0 Å². The number of unbranched alkanes of at least 4 members (excludes halogenated alkanes) is 1. The monoisotopic (exact) mass is 596 g/mol. The SMILES string of the molecule is c1ccc(-c2cc(CCCCc3cc(-c4ccccc4)[se+]c4ccccc34)c3ccccc3[se+]2)cc1. The van der Waals surface area contributed by atoms with Crippen LogP contribution in [0, 0.1) is 0 Å². The van der Waals surface area contributed by atoms with Crippen LogP contribution in [0.2, 0.25) is 0 Å². The van der Waals surface area contributed by atoms with E-state index in [1.165, 1.54) is 63.3 Å². The van der Waals surface area contributed by atoms with Gasteiger partial charge in [-0.3, -0.25) is 0 Å². The second-order valence-electron chi connectivity index (χ2n) is 9.20. The summed E-state index contributed by atoms with van der Waals surface area (Å²) in [4.78, 5) is 0. The van der Waals surface area contributed by atoms with Crippen LogP contribution in [-0.2, 0) is 12.8 Å². The molecule has 0 aliphatic rings. The first kappa shape index (κ1) is 23.5. The molecule has 0 fully saturated rings. The summed E-state index contributed by atoms with van der Waals surface area (Å²) in [6.45, 7) is 0. The van der Waals surface area contributed by atoms with Crippen molar-refractivity contribution in [1.82, 2.24) is 0 Å². The van der Waals surface area contributed by atoms with Crippen LogP contribution in [0.3, 0.4) is 0 Å². The third-order valence-electron chi connectivity index (χ3n) is 6.78. The number of rotatable bonds is 7. The Labute approximate surface area is 225 Å². The molecule has 0 unspecified atom stereocenters. The number of hydrogen-bond donors (Lipinski definition) is 0. The maximum absolute atomic E-state index is 2.50. The summed E-state index contributed by atoms with van der Waals surface area (Å²) in [5, 5.41) is 2.95. The molecular formula is C34H28Se2+2. The Kier molecular flexibility index (Phi) is 7.21. The first-order chi connectivity index (χ1) is 17.8. The first-order valence-corrected chi connectivity index (χ1v) is 16.1. The second-order valence-corrected chi connectivity index (χ2v) is 13.8. The van der Waals surface area contributed by atoms with E-state index in [0.29, 0.717) is 29.0 Å². The minimum atomic E-state index is 0.365. The van der Waals surface area contributed by atoms with Gasteiger partial charge in [-0.1, -0.05) is 0 Å². The standard InChI is InChI=1S/C34H28Se2/c1-3-13-25(14-4-1)33-23-27(29-19-9-11-21-31(29)35-33)17-7-8-18-28-24-34(26-15-5-2-6-16-26)36-32-22-12-10-20-30(28)32/h1-6,9-16,19-24H,7-8,17-18H2/q+2. The number of aryl methyl sites for hydroxylation is 2. The van der Waals surface area contributed by atoms with E-state index in [9.17, 15) is 0 Å². The van der Waals surface area contributed by atoms with Gasteiger partial charge in [0.25, 0.3) is 0 Å². The average molecular weight is 595 g/mol. The van der Waals surface area contributed by atoms with Crippen molar-refractivity contribution in [1.29, 1.82) is 0 Å². The molecule has 0 saturated heterocycles. The first-order valence-electron chi connectivity index (χ1n) is 12.7. The van der Waals surface area contributed by atoms with Crippen LogP contribution < -0.4 is 0 Å². The van der Waals surface area contributed by atoms with Crippen molar-refractivity contribution < 1.29 is 0 Å². The molecule has 6 rings (SSSR count). The van der Waals surface area contributed by atoms with Gasteiger partial charge in [0.05, 0.1) is 0 Å². The molecule has 6 aromatic rings. The van der Waals surface area contributed by atoms with Crippen LogP contribution in [0.1, 0.15) is 24.0 Å². The summed E-state index contributed by atoms with van der Waals surface area (Å²) in [6.07, 6.45) is 4.69. The zero-order valence-corrected chi connectivity index (χ0v) is 23.6. The summed E-state index contributed by atoms with van der Waals surface area (Å²) in [5.41, 5.74) is 5.77. The third kappa shape index (κ3) is 5.15. The number of benzene rings is 4. The van der Waals surface area contributed by atoms with E-state index in [4.69, 9.17) is 0 Å². The Morgan fingerprint density at radius 2 is 0.806 bits per heavy atom. The molecule has 0 atom stereocenters. The van der Waals surface area contributed by atoms with Crippen molar-refractivity contribution in [2.24, 2.45) is 0 Å². The molecule has 2 aromatic heterocycles. The van der Waals surface area contributed by atoms with Gasteiger partial charge in [-0.05, 0) is 0 Å². The van der Waals surface area contributed by atoms with Gasteiger partial charge in [-0.25, -0.2) is 0 Å². The molecule has 0 spiro atoms. The number of fused-ring (bicyclic) bond motifs is 2. The molecule has 4 aromatic carbocycles. The minimum absolute atomic E-state index is 0.365. The van der Waals surface area contributed by atoms with Gasteiger partial charge < -0.3 is 0 Å². The van der Waals surface area contributed by atoms with Crippen molar-refractivity contribution in [3.8, 4) is 20.0 Å². The van der Waals surface area contributed by atoms with Crippen molar-refractivity contribution in [2.45, 2.75) is 25.7 Å². The Morgan fingerprint density at radius 3 is 1.25 bits per heavy atom. The van der Waals surface area contributed by atoms with Crippen molar-refractivity contribution in [3.05, 3.63) is 132 Å². The Bertz CT molecular complexity index is 1500. The second kappa shape index (κ2) is 11.0. The van der Waals surface area contributed by atoms with Gasteiger partial charge in [0, 0.05) is 0 Å². The fourth-order valence-corrected chi connectivity index (χ4v) is 9.76. The Morgan fingerprint density at radius 1 is 0.417 bits per heavy atom. The van der Waals surface area contributed by atoms with E-state index in [0.717, 1.165) is 12.8 Å². The molecule has 2 heterocycles. The van der Waals surface area contributed by atoms with Gasteiger partial charge in [0.2, 0.25) is 0 Å². The predicted octanol–water partition coefficient (Wildman–Crippen LogP) is 8.57. The van der Waals surface area contributed by atoms with Gasteiger partial charge in [0.15, 0.2) is 0 Å². The number of hydrogen-bond acceptors (Lipinski definition) is 0. The zero-order valence-electron chi connectivity index (χ0n) is 20.2. The maximum atomic E-state index is 2.50. The summed E-state index contributed by atoms with van der Waals surface area (Å²) in [6, 6.07) is 45.0. The van der Waals surface area contributed by atoms with E-state index < -0.39 is 0 Å². The van der Waals surface area contributed by atoms with Crippen LogP contribution in [0.15, 0.2) is 121 Å². The molecule has 174 valence electrons. The summed E-state index contributed by atoms with van der Waals surface area (Å²) in [5.74, 6) is 0. The third-order valence-corrected chi connectivity index (χ3v) is 11.6. The quantitative estimate of drug-likeness (QED) is 0.128. The van der Waals surface area contributed by atoms with Crippen molar-refractivity contribution in [3.63, 3.8) is 0 Å². The normalized spacial score (nSPS) is 11.2. The molecule has 0 aliphatic carbocycles. The van der Waals surface area contributed by atoms with E-state index in [1.54, 1.807) is 0 Å². The molecule has 0 nitrogen and oxygen atoms in total. The van der Waals surface area contributed by atoms with Crippen LogP contribution in [0.25, 0.3) is 39.3 Å². The molecular weight excluding hydrogens is 566 g/mol. The molecule has 0 amide bonds. The van der Waals surface area contributed by atoms with E-state index >= 15 is 0 Å². The van der Waals surface area contributed by atoms with E-state index in [-0.39, 0.29) is 0 Å². The van der Waals surface area contributed by atoms with Crippen molar-refractivity contribution >= 4 is 48.3 Å². The van der Waals surface area contributed by atoms with Crippen LogP contribution in [0.4, 0.5) is 0 Å². The van der Waals surface area contributed by atoms with Crippen LogP contribution >= 0.6 is 0 Å². The van der Waals surface area contributed by atoms with Crippen LogP contribution in [0.5, 0.6) is 0 Å². The van der Waals surface area contributed by atoms with Crippen molar-refractivity contribution in [2.75, 3.05) is 0 Å².